The summed E-state index contributed by atoms with van der Waals surface area (Å²) >= 11 is 0. The molecule has 1 atom stereocenters. The Balaban J connectivity index is 1.70. The van der Waals surface area contributed by atoms with Gasteiger partial charge >= 0.3 is 0 Å². The fraction of sp³-hybridized carbons (Fsp3) is 1.00. The second-order valence-corrected chi connectivity index (χ2v) is 4.77. The molecule has 1 saturated carbocycles. The van der Waals surface area contributed by atoms with Gasteiger partial charge in [0.15, 0.2) is 0 Å². The van der Waals surface area contributed by atoms with Gasteiger partial charge in [-0.25, -0.2) is 0 Å². The van der Waals surface area contributed by atoms with Crippen LogP contribution in [-0.4, -0.2) is 38.1 Å². The van der Waals surface area contributed by atoms with E-state index in [9.17, 15) is 0 Å². The summed E-state index contributed by atoms with van der Waals surface area (Å²) in [5.74, 6) is 1.98. The number of rotatable bonds is 4. The summed E-state index contributed by atoms with van der Waals surface area (Å²) in [6.45, 7) is 5.30. The van der Waals surface area contributed by atoms with Gasteiger partial charge in [-0.05, 0) is 57.7 Å². The molecule has 1 aliphatic heterocycles. The summed E-state index contributed by atoms with van der Waals surface area (Å²) in [6, 6.07) is 0. The highest BCUT2D eigenvalue weighted by Crippen LogP contribution is 2.31. The summed E-state index contributed by atoms with van der Waals surface area (Å²) < 4.78 is 0. The van der Waals surface area contributed by atoms with Crippen molar-refractivity contribution in [3.05, 3.63) is 0 Å². The minimum atomic E-state index is 0.914. The molecule has 2 aliphatic rings. The van der Waals surface area contributed by atoms with Gasteiger partial charge in [0, 0.05) is 13.1 Å². The Morgan fingerprint density at radius 2 is 2.08 bits per heavy atom. The number of piperidine rings is 1. The van der Waals surface area contributed by atoms with Crippen LogP contribution in [0.4, 0.5) is 0 Å². The molecule has 0 unspecified atom stereocenters. The van der Waals surface area contributed by atoms with Crippen LogP contribution < -0.4 is 5.32 Å². The van der Waals surface area contributed by atoms with Crippen molar-refractivity contribution in [2.24, 2.45) is 11.8 Å². The van der Waals surface area contributed by atoms with E-state index in [-0.39, 0.29) is 0 Å². The third-order valence-electron chi connectivity index (χ3n) is 3.31. The number of nitrogens with zero attached hydrogens (tertiary/aromatic N) is 1. The maximum atomic E-state index is 3.30. The number of nitrogens with one attached hydrogen (secondary N) is 1. The van der Waals surface area contributed by atoms with Crippen LogP contribution in [-0.2, 0) is 0 Å². The molecule has 2 rings (SSSR count). The predicted octanol–water partition coefficient (Wildman–Crippen LogP) is 1.33. The minimum Gasteiger partial charge on any atom is -0.319 e. The zero-order valence-electron chi connectivity index (χ0n) is 8.76. The van der Waals surface area contributed by atoms with E-state index in [0.29, 0.717) is 0 Å². The number of hydrogen-bond donors (Lipinski definition) is 1. The van der Waals surface area contributed by atoms with Gasteiger partial charge in [-0.1, -0.05) is 0 Å². The molecule has 13 heavy (non-hydrogen) atoms. The van der Waals surface area contributed by atoms with E-state index in [2.05, 4.69) is 17.3 Å². The molecule has 1 N–H and O–H groups in total. The molecule has 0 spiro atoms. The van der Waals surface area contributed by atoms with E-state index < -0.39 is 0 Å². The normalized spacial score (nSPS) is 30.7. The Kier molecular flexibility index (Phi) is 3.23. The van der Waals surface area contributed by atoms with E-state index in [1.165, 1.54) is 51.9 Å². The second-order valence-electron chi connectivity index (χ2n) is 4.77. The summed E-state index contributed by atoms with van der Waals surface area (Å²) in [4.78, 5) is 2.68. The topological polar surface area (TPSA) is 15.3 Å². The molecule has 0 amide bonds. The maximum absolute atomic E-state index is 3.30. The van der Waals surface area contributed by atoms with Crippen LogP contribution in [0.25, 0.3) is 0 Å². The van der Waals surface area contributed by atoms with Crippen LogP contribution >= 0.6 is 0 Å². The van der Waals surface area contributed by atoms with Crippen molar-refractivity contribution in [1.82, 2.24) is 10.2 Å². The van der Waals surface area contributed by atoms with E-state index in [4.69, 9.17) is 0 Å². The van der Waals surface area contributed by atoms with Crippen LogP contribution in [0, 0.1) is 11.8 Å². The van der Waals surface area contributed by atoms with Crippen molar-refractivity contribution in [3.63, 3.8) is 0 Å². The summed E-state index contributed by atoms with van der Waals surface area (Å²) in [7, 11) is 2.07. The highest BCUT2D eigenvalue weighted by atomic mass is 15.1. The Bertz CT molecular complexity index is 152. The molecule has 1 aliphatic carbocycles. The average molecular weight is 182 g/mol. The molecule has 0 bridgehead atoms. The minimum absolute atomic E-state index is 0.914. The standard InChI is InChI=1S/C11H22N2/c1-12-7-11-3-2-6-13(9-11)8-10-4-5-10/h10-12H,2-9H2,1H3/t11-/m1/s1. The molecule has 76 valence electrons. The average Bonchev–Trinajstić information content (AvgIpc) is 2.90. The van der Waals surface area contributed by atoms with Gasteiger partial charge in [-0.2, -0.15) is 0 Å². The molecule has 2 fully saturated rings. The molecule has 1 heterocycles. The van der Waals surface area contributed by atoms with Gasteiger partial charge in [0.05, 0.1) is 0 Å². The Hall–Kier alpha value is -0.0800. The summed E-state index contributed by atoms with van der Waals surface area (Å²) in [6.07, 6.45) is 5.83. The third-order valence-corrected chi connectivity index (χ3v) is 3.31. The van der Waals surface area contributed by atoms with Crippen LogP contribution in [0.15, 0.2) is 0 Å². The molecule has 0 radical (unpaired) electrons. The largest absolute Gasteiger partial charge is 0.319 e. The summed E-state index contributed by atoms with van der Waals surface area (Å²) in [5, 5.41) is 3.30. The first kappa shape index (κ1) is 9.47. The summed E-state index contributed by atoms with van der Waals surface area (Å²) in [5.41, 5.74) is 0. The first-order valence-electron chi connectivity index (χ1n) is 5.75. The van der Waals surface area contributed by atoms with Gasteiger partial charge < -0.3 is 10.2 Å². The fourth-order valence-corrected chi connectivity index (χ4v) is 2.44. The molecular weight excluding hydrogens is 160 g/mol. The lowest BCUT2D eigenvalue weighted by Gasteiger charge is -2.32. The molecule has 1 saturated heterocycles. The van der Waals surface area contributed by atoms with Crippen LogP contribution in [0.2, 0.25) is 0 Å². The molecule has 0 aromatic heterocycles. The third kappa shape index (κ3) is 2.96. The van der Waals surface area contributed by atoms with Crippen molar-refractivity contribution < 1.29 is 0 Å². The van der Waals surface area contributed by atoms with E-state index >= 15 is 0 Å². The van der Waals surface area contributed by atoms with Crippen LogP contribution in [0.1, 0.15) is 25.7 Å². The van der Waals surface area contributed by atoms with Crippen molar-refractivity contribution in [1.29, 1.82) is 0 Å². The Labute approximate surface area is 81.7 Å². The van der Waals surface area contributed by atoms with E-state index in [1.54, 1.807) is 0 Å². The predicted molar refractivity (Wildman–Crippen MR) is 55.8 cm³/mol. The Morgan fingerprint density at radius 1 is 1.23 bits per heavy atom. The van der Waals surface area contributed by atoms with Crippen molar-refractivity contribution >= 4 is 0 Å². The first-order valence-corrected chi connectivity index (χ1v) is 5.75. The highest BCUT2D eigenvalue weighted by molar-refractivity contribution is 4.81. The lowest BCUT2D eigenvalue weighted by molar-refractivity contribution is 0.168. The highest BCUT2D eigenvalue weighted by Gasteiger charge is 2.27. The van der Waals surface area contributed by atoms with Gasteiger partial charge in [0.2, 0.25) is 0 Å². The zero-order valence-corrected chi connectivity index (χ0v) is 8.76. The molecular formula is C11H22N2. The van der Waals surface area contributed by atoms with E-state index in [0.717, 1.165) is 11.8 Å². The number of hydrogen-bond acceptors (Lipinski definition) is 2. The molecule has 2 heteroatoms. The van der Waals surface area contributed by atoms with Gasteiger partial charge in [0.1, 0.15) is 0 Å². The zero-order chi connectivity index (χ0) is 9.10. The lowest BCUT2D eigenvalue weighted by atomic mass is 9.98. The number of likely N-dealkylation sites (tertiary alicyclic amines) is 1. The van der Waals surface area contributed by atoms with Gasteiger partial charge in [-0.15, -0.1) is 0 Å². The van der Waals surface area contributed by atoms with E-state index in [1.807, 2.05) is 0 Å². The monoisotopic (exact) mass is 182 g/mol. The molecule has 2 nitrogen and oxygen atoms in total. The lowest BCUT2D eigenvalue weighted by Crippen LogP contribution is -2.39. The molecule has 0 aromatic carbocycles. The van der Waals surface area contributed by atoms with Crippen molar-refractivity contribution in [3.8, 4) is 0 Å². The fourth-order valence-electron chi connectivity index (χ4n) is 2.44. The van der Waals surface area contributed by atoms with Crippen LogP contribution in [0.3, 0.4) is 0 Å². The van der Waals surface area contributed by atoms with Crippen molar-refractivity contribution in [2.75, 3.05) is 33.2 Å². The SMILES string of the molecule is CNC[C@H]1CCCN(CC2CC2)C1. The first-order chi connectivity index (χ1) is 6.38. The smallest absolute Gasteiger partial charge is 0.00219 e. The Morgan fingerprint density at radius 3 is 2.77 bits per heavy atom. The van der Waals surface area contributed by atoms with Crippen molar-refractivity contribution in [2.45, 2.75) is 25.7 Å². The quantitative estimate of drug-likeness (QED) is 0.705. The maximum Gasteiger partial charge on any atom is 0.00219 e. The molecule has 0 aromatic rings. The van der Waals surface area contributed by atoms with Gasteiger partial charge in [0.25, 0.3) is 0 Å². The van der Waals surface area contributed by atoms with Gasteiger partial charge in [-0.3, -0.25) is 0 Å². The van der Waals surface area contributed by atoms with Crippen LogP contribution in [0.5, 0.6) is 0 Å². The second kappa shape index (κ2) is 4.43.